The van der Waals surface area contributed by atoms with Crippen molar-refractivity contribution < 1.29 is 0 Å². The molecule has 0 amide bonds. The summed E-state index contributed by atoms with van der Waals surface area (Å²) in [6.07, 6.45) is 12.5. The summed E-state index contributed by atoms with van der Waals surface area (Å²) >= 11 is 0. The average molecular weight is 134 g/mol. The second kappa shape index (κ2) is 4.10. The van der Waals surface area contributed by atoms with Gasteiger partial charge in [0.05, 0.1) is 9.52 Å². The minimum Gasteiger partial charge on any atom is -0.0969 e. The molecule has 0 unspecified atom stereocenters. The highest BCUT2D eigenvalue weighted by atomic mass is 28.2. The van der Waals surface area contributed by atoms with E-state index in [0.717, 1.165) is 0 Å². The van der Waals surface area contributed by atoms with Gasteiger partial charge in [-0.1, -0.05) is 47.9 Å². The maximum atomic E-state index is 2.26. The highest BCUT2D eigenvalue weighted by Crippen LogP contribution is 1.85. The summed E-state index contributed by atoms with van der Waals surface area (Å²) < 4.78 is 0. The van der Waals surface area contributed by atoms with Gasteiger partial charge in [0.15, 0.2) is 0 Å². The van der Waals surface area contributed by atoms with Crippen molar-refractivity contribution in [2.24, 2.45) is 0 Å². The first kappa shape index (κ1) is 6.30. The molecule has 1 aliphatic rings. The fourth-order valence-corrected chi connectivity index (χ4v) is 1.44. The summed E-state index contributed by atoms with van der Waals surface area (Å²) in [4.78, 5) is 0. The Morgan fingerprint density at radius 1 is 0.556 bits per heavy atom. The minimum atomic E-state index is -0.0343. The van der Waals surface area contributed by atoms with Crippen molar-refractivity contribution >= 4 is 9.52 Å². The van der Waals surface area contributed by atoms with Gasteiger partial charge in [0, 0.05) is 0 Å². The molecule has 0 aromatic heterocycles. The Kier molecular flexibility index (Phi) is 2.87. The van der Waals surface area contributed by atoms with E-state index in [1.54, 1.807) is 0 Å². The van der Waals surface area contributed by atoms with Crippen LogP contribution in [0.25, 0.3) is 0 Å². The van der Waals surface area contributed by atoms with Crippen LogP contribution in [0.4, 0.5) is 0 Å². The van der Waals surface area contributed by atoms with E-state index in [1.165, 1.54) is 0 Å². The summed E-state index contributed by atoms with van der Waals surface area (Å²) in [5, 5.41) is 0. The molecule has 1 heteroatoms. The molecule has 0 aliphatic carbocycles. The maximum absolute atomic E-state index is 2.26. The molecular formula is C8H10Si. The SMILES string of the molecule is C1=CC=C[SiH2]C=CC=C1. The predicted octanol–water partition coefficient (Wildman–Crippen LogP) is 1.31. The third-order valence-corrected chi connectivity index (χ3v) is 2.19. The van der Waals surface area contributed by atoms with E-state index >= 15 is 0 Å². The first-order chi connectivity index (χ1) is 4.50. The molecule has 0 saturated heterocycles. The van der Waals surface area contributed by atoms with E-state index in [2.05, 4.69) is 35.7 Å². The topological polar surface area (TPSA) is 0 Å². The molecule has 0 nitrogen and oxygen atoms in total. The molecule has 0 spiro atoms. The number of hydrogen-bond acceptors (Lipinski definition) is 0. The number of rotatable bonds is 0. The van der Waals surface area contributed by atoms with Crippen LogP contribution in [0.5, 0.6) is 0 Å². The molecule has 46 valence electrons. The fraction of sp³-hybridized carbons (Fsp3) is 0. The van der Waals surface area contributed by atoms with Gasteiger partial charge in [-0.15, -0.1) is 0 Å². The van der Waals surface area contributed by atoms with Crippen LogP contribution in [0, 0.1) is 0 Å². The molecular weight excluding hydrogens is 124 g/mol. The molecule has 1 rings (SSSR count). The van der Waals surface area contributed by atoms with Gasteiger partial charge in [-0.2, -0.15) is 0 Å². The predicted molar refractivity (Wildman–Crippen MR) is 45.1 cm³/mol. The molecule has 0 atom stereocenters. The molecule has 1 aliphatic heterocycles. The van der Waals surface area contributed by atoms with Crippen molar-refractivity contribution in [1.29, 1.82) is 0 Å². The summed E-state index contributed by atoms with van der Waals surface area (Å²) in [7, 11) is -0.0343. The van der Waals surface area contributed by atoms with Crippen molar-refractivity contribution in [2.45, 2.75) is 0 Å². The maximum Gasteiger partial charge on any atom is 0.0691 e. The lowest BCUT2D eigenvalue weighted by Gasteiger charge is -1.72. The van der Waals surface area contributed by atoms with Crippen molar-refractivity contribution in [3.63, 3.8) is 0 Å². The third kappa shape index (κ3) is 2.88. The van der Waals surface area contributed by atoms with Crippen LogP contribution in [0.3, 0.4) is 0 Å². The molecule has 0 N–H and O–H groups in total. The van der Waals surface area contributed by atoms with Gasteiger partial charge in [-0.25, -0.2) is 0 Å². The first-order valence-electron chi connectivity index (χ1n) is 3.15. The lowest BCUT2D eigenvalue weighted by atomic mass is 10.4. The zero-order valence-electron chi connectivity index (χ0n) is 5.33. The zero-order chi connectivity index (χ0) is 6.36. The van der Waals surface area contributed by atoms with E-state index in [9.17, 15) is 0 Å². The van der Waals surface area contributed by atoms with Crippen molar-refractivity contribution in [3.05, 3.63) is 47.9 Å². The smallest absolute Gasteiger partial charge is 0.0691 e. The van der Waals surface area contributed by atoms with E-state index < -0.39 is 0 Å². The van der Waals surface area contributed by atoms with Crippen molar-refractivity contribution in [1.82, 2.24) is 0 Å². The molecule has 9 heavy (non-hydrogen) atoms. The van der Waals surface area contributed by atoms with Gasteiger partial charge in [-0.3, -0.25) is 0 Å². The van der Waals surface area contributed by atoms with Crippen LogP contribution in [0.15, 0.2) is 47.9 Å². The Balaban J connectivity index is 2.60. The van der Waals surface area contributed by atoms with Gasteiger partial charge in [0.1, 0.15) is 0 Å². The zero-order valence-corrected chi connectivity index (χ0v) is 6.74. The minimum absolute atomic E-state index is 0.0343. The Hall–Kier alpha value is -0.823. The van der Waals surface area contributed by atoms with Crippen LogP contribution in [0.1, 0.15) is 0 Å². The monoisotopic (exact) mass is 134 g/mol. The molecule has 0 bridgehead atoms. The van der Waals surface area contributed by atoms with Crippen molar-refractivity contribution in [2.75, 3.05) is 0 Å². The molecule has 1 heterocycles. The summed E-state index contributed by atoms with van der Waals surface area (Å²) in [5.74, 6) is 0. The normalized spacial score (nSPS) is 19.6. The standard InChI is InChI=1S/C8H10Si/c1-2-4-6-8-9-7-5-3-1/h1-8H,9H2. The number of hydrogen-bond donors (Lipinski definition) is 0. The molecule has 0 aromatic rings. The van der Waals surface area contributed by atoms with Gasteiger partial charge in [0.2, 0.25) is 0 Å². The Morgan fingerprint density at radius 3 is 1.56 bits per heavy atom. The van der Waals surface area contributed by atoms with E-state index in [4.69, 9.17) is 0 Å². The van der Waals surface area contributed by atoms with E-state index in [-0.39, 0.29) is 9.52 Å². The summed E-state index contributed by atoms with van der Waals surface area (Å²) in [6, 6.07) is 0. The molecule has 0 radical (unpaired) electrons. The van der Waals surface area contributed by atoms with Gasteiger partial charge in [-0.05, 0) is 0 Å². The highest BCUT2D eigenvalue weighted by Gasteiger charge is 1.71. The Labute approximate surface area is 58.1 Å². The number of allylic oxidation sites excluding steroid dienone is 6. The van der Waals surface area contributed by atoms with Gasteiger partial charge in [0.25, 0.3) is 0 Å². The first-order valence-corrected chi connectivity index (χ1v) is 4.78. The third-order valence-electron chi connectivity index (χ3n) is 1.10. The average Bonchev–Trinajstić information content (AvgIpc) is 2.00. The summed E-state index contributed by atoms with van der Waals surface area (Å²) in [6.45, 7) is 0. The fourth-order valence-electron chi connectivity index (χ4n) is 0.649. The molecule has 0 aromatic carbocycles. The lowest BCUT2D eigenvalue weighted by Crippen LogP contribution is -1.72. The van der Waals surface area contributed by atoms with Crippen LogP contribution in [0.2, 0.25) is 0 Å². The molecule has 0 saturated carbocycles. The second-order valence-electron chi connectivity index (χ2n) is 1.86. The highest BCUT2D eigenvalue weighted by molar-refractivity contribution is 6.48. The van der Waals surface area contributed by atoms with Crippen LogP contribution >= 0.6 is 0 Å². The lowest BCUT2D eigenvalue weighted by molar-refractivity contribution is 1.91. The van der Waals surface area contributed by atoms with E-state index in [1.807, 2.05) is 12.2 Å². The second-order valence-corrected chi connectivity index (χ2v) is 3.28. The van der Waals surface area contributed by atoms with Crippen LogP contribution in [-0.2, 0) is 0 Å². The van der Waals surface area contributed by atoms with Crippen LogP contribution < -0.4 is 0 Å². The largest absolute Gasteiger partial charge is 0.0969 e. The van der Waals surface area contributed by atoms with Gasteiger partial charge < -0.3 is 0 Å². The Bertz CT molecular complexity index is 153. The summed E-state index contributed by atoms with van der Waals surface area (Å²) in [5.41, 5.74) is 4.53. The quantitative estimate of drug-likeness (QED) is 0.438. The Morgan fingerprint density at radius 2 is 1.00 bits per heavy atom. The van der Waals surface area contributed by atoms with Crippen LogP contribution in [-0.4, -0.2) is 9.52 Å². The van der Waals surface area contributed by atoms with Crippen molar-refractivity contribution in [3.8, 4) is 0 Å². The van der Waals surface area contributed by atoms with E-state index in [0.29, 0.717) is 0 Å². The molecule has 0 fully saturated rings. The van der Waals surface area contributed by atoms with Gasteiger partial charge >= 0.3 is 0 Å².